The molecule has 1 heterocycles. The van der Waals surface area contributed by atoms with Crippen molar-refractivity contribution < 1.29 is 28.7 Å². The molecule has 0 bridgehead atoms. The molecule has 8 nitrogen and oxygen atoms in total. The van der Waals surface area contributed by atoms with Gasteiger partial charge in [-0.1, -0.05) is 58.3 Å². The van der Waals surface area contributed by atoms with Gasteiger partial charge in [0.25, 0.3) is 5.69 Å². The highest BCUT2D eigenvalue weighted by atomic mass is 16.8. The van der Waals surface area contributed by atoms with E-state index in [4.69, 9.17) is 18.9 Å². The van der Waals surface area contributed by atoms with E-state index in [1.165, 1.54) is 75.6 Å². The van der Waals surface area contributed by atoms with Crippen molar-refractivity contribution in [3.63, 3.8) is 0 Å². The molecule has 0 amide bonds. The Morgan fingerprint density at radius 3 is 2.32 bits per heavy atom. The standard InChI is InChI=1S/C23H35NO7/c1-3-4-5-6-7-8-9-10-11-16-23(2)29-18-21(31-23)17-28-22(25)30-20-14-12-19(13-15-20)24(26)27/h12-15,21H,3-11,16-18H2,1-2H3. The topological polar surface area (TPSA) is 97.1 Å². The number of hydrogen-bond donors (Lipinski definition) is 0. The molecule has 1 aliphatic rings. The second-order valence-corrected chi connectivity index (χ2v) is 8.18. The van der Waals surface area contributed by atoms with Crippen LogP contribution in [0.15, 0.2) is 24.3 Å². The Morgan fingerprint density at radius 1 is 1.10 bits per heavy atom. The van der Waals surface area contributed by atoms with E-state index in [-0.39, 0.29) is 24.1 Å². The van der Waals surface area contributed by atoms with Gasteiger partial charge in [-0.2, -0.15) is 0 Å². The number of nitro benzene ring substituents is 1. The Kier molecular flexibility index (Phi) is 10.7. The van der Waals surface area contributed by atoms with Crippen molar-refractivity contribution >= 4 is 11.8 Å². The fourth-order valence-corrected chi connectivity index (χ4v) is 3.58. The Bertz CT molecular complexity index is 679. The molecule has 0 N–H and O–H groups in total. The average molecular weight is 438 g/mol. The van der Waals surface area contributed by atoms with Crippen LogP contribution in [0.4, 0.5) is 10.5 Å². The summed E-state index contributed by atoms with van der Waals surface area (Å²) in [6.45, 7) is 4.54. The fraction of sp³-hybridized carbons (Fsp3) is 0.696. The van der Waals surface area contributed by atoms with E-state index in [1.807, 2.05) is 6.92 Å². The zero-order chi connectivity index (χ0) is 22.5. The average Bonchev–Trinajstić information content (AvgIpc) is 3.12. The lowest BCUT2D eigenvalue weighted by Crippen LogP contribution is -2.28. The Balaban J connectivity index is 1.57. The second kappa shape index (κ2) is 13.3. The summed E-state index contributed by atoms with van der Waals surface area (Å²) in [5.41, 5.74) is -0.0801. The summed E-state index contributed by atoms with van der Waals surface area (Å²) >= 11 is 0. The molecule has 8 heteroatoms. The van der Waals surface area contributed by atoms with Gasteiger partial charge in [-0.25, -0.2) is 4.79 Å². The van der Waals surface area contributed by atoms with Crippen LogP contribution in [-0.2, 0) is 14.2 Å². The number of carbonyl (C=O) groups is 1. The van der Waals surface area contributed by atoms with Gasteiger partial charge in [0.1, 0.15) is 18.5 Å². The molecule has 174 valence electrons. The van der Waals surface area contributed by atoms with Crippen molar-refractivity contribution in [3.05, 3.63) is 34.4 Å². The van der Waals surface area contributed by atoms with E-state index < -0.39 is 16.9 Å². The molecular weight excluding hydrogens is 402 g/mol. The first-order valence-electron chi connectivity index (χ1n) is 11.3. The number of benzene rings is 1. The van der Waals surface area contributed by atoms with Crippen molar-refractivity contribution in [1.29, 1.82) is 0 Å². The monoisotopic (exact) mass is 437 g/mol. The van der Waals surface area contributed by atoms with Crippen molar-refractivity contribution in [2.45, 2.75) is 89.9 Å². The van der Waals surface area contributed by atoms with Gasteiger partial charge in [-0.15, -0.1) is 0 Å². The molecule has 0 radical (unpaired) electrons. The minimum absolute atomic E-state index is 0.0269. The lowest BCUT2D eigenvalue weighted by Gasteiger charge is -2.23. The third-order valence-electron chi connectivity index (χ3n) is 5.36. The minimum Gasteiger partial charge on any atom is -0.431 e. The number of carbonyl (C=O) groups excluding carboxylic acids is 1. The molecule has 2 unspecified atom stereocenters. The number of non-ortho nitro benzene ring substituents is 1. The van der Waals surface area contributed by atoms with Crippen LogP contribution in [0.2, 0.25) is 0 Å². The van der Waals surface area contributed by atoms with Gasteiger partial charge in [0.2, 0.25) is 0 Å². The number of ether oxygens (including phenoxy) is 4. The van der Waals surface area contributed by atoms with Crippen molar-refractivity contribution in [2.75, 3.05) is 13.2 Å². The maximum absolute atomic E-state index is 11.8. The predicted molar refractivity (Wildman–Crippen MR) is 116 cm³/mol. The first-order valence-corrected chi connectivity index (χ1v) is 11.3. The molecule has 0 aliphatic carbocycles. The Morgan fingerprint density at radius 2 is 1.71 bits per heavy atom. The highest BCUT2D eigenvalue weighted by Crippen LogP contribution is 2.29. The summed E-state index contributed by atoms with van der Waals surface area (Å²) < 4.78 is 21.8. The third kappa shape index (κ3) is 9.65. The molecule has 0 spiro atoms. The van der Waals surface area contributed by atoms with Crippen LogP contribution in [0.25, 0.3) is 0 Å². The summed E-state index contributed by atoms with van der Waals surface area (Å²) in [4.78, 5) is 21.9. The largest absolute Gasteiger partial charge is 0.513 e. The molecule has 1 aliphatic heterocycles. The molecule has 2 atom stereocenters. The van der Waals surface area contributed by atoms with Gasteiger partial charge in [0.05, 0.1) is 11.5 Å². The van der Waals surface area contributed by atoms with E-state index in [0.29, 0.717) is 6.61 Å². The molecule has 0 saturated carbocycles. The molecular formula is C23H35NO7. The normalized spacial score (nSPS) is 20.5. The van der Waals surface area contributed by atoms with Gasteiger partial charge < -0.3 is 18.9 Å². The van der Waals surface area contributed by atoms with Gasteiger partial charge in [-0.05, 0) is 25.5 Å². The van der Waals surface area contributed by atoms with Gasteiger partial charge in [0, 0.05) is 18.6 Å². The van der Waals surface area contributed by atoms with E-state index in [1.54, 1.807) is 0 Å². The van der Waals surface area contributed by atoms with E-state index >= 15 is 0 Å². The highest BCUT2D eigenvalue weighted by Gasteiger charge is 2.37. The summed E-state index contributed by atoms with van der Waals surface area (Å²) in [6.07, 6.45) is 11.0. The molecule has 1 aromatic rings. The summed E-state index contributed by atoms with van der Waals surface area (Å²) in [5, 5.41) is 10.6. The third-order valence-corrected chi connectivity index (χ3v) is 5.36. The summed E-state index contributed by atoms with van der Waals surface area (Å²) in [6, 6.07) is 5.20. The molecule has 1 aromatic carbocycles. The van der Waals surface area contributed by atoms with Crippen molar-refractivity contribution in [2.24, 2.45) is 0 Å². The van der Waals surface area contributed by atoms with Crippen LogP contribution < -0.4 is 4.74 Å². The summed E-state index contributed by atoms with van der Waals surface area (Å²) in [7, 11) is 0. The number of nitrogens with zero attached hydrogens (tertiary/aromatic N) is 1. The lowest BCUT2D eigenvalue weighted by molar-refractivity contribution is -0.384. The molecule has 2 rings (SSSR count). The second-order valence-electron chi connectivity index (χ2n) is 8.18. The van der Waals surface area contributed by atoms with Crippen LogP contribution in [-0.4, -0.2) is 36.2 Å². The van der Waals surface area contributed by atoms with Gasteiger partial charge >= 0.3 is 6.16 Å². The molecule has 1 fully saturated rings. The maximum atomic E-state index is 11.8. The first-order chi connectivity index (χ1) is 14.9. The Labute approximate surface area is 184 Å². The maximum Gasteiger partial charge on any atom is 0.513 e. The summed E-state index contributed by atoms with van der Waals surface area (Å²) in [5.74, 6) is -0.466. The smallest absolute Gasteiger partial charge is 0.431 e. The van der Waals surface area contributed by atoms with Crippen LogP contribution in [0.3, 0.4) is 0 Å². The van der Waals surface area contributed by atoms with Gasteiger partial charge in [-0.3, -0.25) is 10.1 Å². The lowest BCUT2D eigenvalue weighted by atomic mass is 10.0. The molecule has 1 saturated heterocycles. The highest BCUT2D eigenvalue weighted by molar-refractivity contribution is 5.64. The van der Waals surface area contributed by atoms with Crippen molar-refractivity contribution in [1.82, 2.24) is 0 Å². The zero-order valence-corrected chi connectivity index (χ0v) is 18.7. The fourth-order valence-electron chi connectivity index (χ4n) is 3.58. The van der Waals surface area contributed by atoms with E-state index in [9.17, 15) is 14.9 Å². The van der Waals surface area contributed by atoms with Crippen molar-refractivity contribution in [3.8, 4) is 5.75 Å². The van der Waals surface area contributed by atoms with Crippen LogP contribution in [0.1, 0.15) is 78.1 Å². The number of rotatable bonds is 14. The number of hydrogen-bond acceptors (Lipinski definition) is 7. The molecule has 31 heavy (non-hydrogen) atoms. The van der Waals surface area contributed by atoms with E-state index in [0.717, 1.165) is 12.8 Å². The molecule has 0 aromatic heterocycles. The first kappa shape index (κ1) is 25.1. The number of unbranched alkanes of at least 4 members (excludes halogenated alkanes) is 8. The minimum atomic E-state index is -0.884. The number of nitro groups is 1. The SMILES string of the molecule is CCCCCCCCCCCC1(C)OCC(COC(=O)Oc2ccc([N+](=O)[O-])cc2)O1. The van der Waals surface area contributed by atoms with Crippen LogP contribution >= 0.6 is 0 Å². The predicted octanol–water partition coefficient (Wildman–Crippen LogP) is 6.16. The van der Waals surface area contributed by atoms with E-state index in [2.05, 4.69) is 6.92 Å². The zero-order valence-electron chi connectivity index (χ0n) is 18.7. The Hall–Kier alpha value is -2.19. The van der Waals surface area contributed by atoms with Crippen LogP contribution in [0, 0.1) is 10.1 Å². The van der Waals surface area contributed by atoms with Gasteiger partial charge in [0.15, 0.2) is 5.79 Å². The quantitative estimate of drug-likeness (QED) is 0.113. The van der Waals surface area contributed by atoms with Crippen LogP contribution in [0.5, 0.6) is 5.75 Å².